The SMILES string of the molecule is CCNC(C)c1ccn(Cc2ncccn2)c1. The number of hydrogen-bond acceptors (Lipinski definition) is 3. The lowest BCUT2D eigenvalue weighted by molar-refractivity contribution is 0.596. The molecule has 0 aliphatic carbocycles. The van der Waals surface area contributed by atoms with Gasteiger partial charge in [0, 0.05) is 30.8 Å². The molecule has 0 amide bonds. The molecule has 1 atom stereocenters. The zero-order chi connectivity index (χ0) is 12.1. The average molecular weight is 230 g/mol. The van der Waals surface area contributed by atoms with Crippen molar-refractivity contribution in [3.05, 3.63) is 48.3 Å². The summed E-state index contributed by atoms with van der Waals surface area (Å²) in [5, 5.41) is 3.39. The fraction of sp³-hybridized carbons (Fsp3) is 0.385. The smallest absolute Gasteiger partial charge is 0.147 e. The van der Waals surface area contributed by atoms with Crippen LogP contribution in [0.15, 0.2) is 36.9 Å². The second-order valence-corrected chi connectivity index (χ2v) is 4.06. The molecule has 0 aromatic carbocycles. The zero-order valence-corrected chi connectivity index (χ0v) is 10.3. The first kappa shape index (κ1) is 11.8. The zero-order valence-electron chi connectivity index (χ0n) is 10.3. The largest absolute Gasteiger partial charge is 0.346 e. The molecule has 0 aliphatic rings. The van der Waals surface area contributed by atoms with Gasteiger partial charge >= 0.3 is 0 Å². The molecule has 2 rings (SSSR count). The van der Waals surface area contributed by atoms with Gasteiger partial charge in [0.15, 0.2) is 0 Å². The van der Waals surface area contributed by atoms with Gasteiger partial charge in [-0.05, 0) is 31.2 Å². The molecule has 2 aromatic heterocycles. The molecule has 0 spiro atoms. The van der Waals surface area contributed by atoms with Crippen LogP contribution in [-0.4, -0.2) is 21.1 Å². The van der Waals surface area contributed by atoms with E-state index in [9.17, 15) is 0 Å². The van der Waals surface area contributed by atoms with Crippen LogP contribution in [0.2, 0.25) is 0 Å². The van der Waals surface area contributed by atoms with Gasteiger partial charge in [0.05, 0.1) is 6.54 Å². The van der Waals surface area contributed by atoms with Gasteiger partial charge in [-0.1, -0.05) is 6.92 Å². The summed E-state index contributed by atoms with van der Waals surface area (Å²) in [7, 11) is 0. The third-order valence-electron chi connectivity index (χ3n) is 2.73. The molecule has 4 nitrogen and oxygen atoms in total. The van der Waals surface area contributed by atoms with Crippen molar-refractivity contribution in [3.8, 4) is 0 Å². The van der Waals surface area contributed by atoms with E-state index in [2.05, 4.69) is 52.2 Å². The summed E-state index contributed by atoms with van der Waals surface area (Å²) in [6.45, 7) is 5.99. The van der Waals surface area contributed by atoms with Crippen LogP contribution in [0.4, 0.5) is 0 Å². The Morgan fingerprint density at radius 2 is 2.12 bits per heavy atom. The predicted molar refractivity (Wildman–Crippen MR) is 67.7 cm³/mol. The Labute approximate surface area is 102 Å². The number of hydrogen-bond donors (Lipinski definition) is 1. The minimum Gasteiger partial charge on any atom is -0.346 e. The van der Waals surface area contributed by atoms with Crippen molar-refractivity contribution in [1.82, 2.24) is 19.9 Å². The van der Waals surface area contributed by atoms with Crippen LogP contribution in [0.25, 0.3) is 0 Å². The third-order valence-corrected chi connectivity index (χ3v) is 2.73. The second kappa shape index (κ2) is 5.59. The Kier molecular flexibility index (Phi) is 3.88. The van der Waals surface area contributed by atoms with Crippen LogP contribution in [-0.2, 0) is 6.54 Å². The summed E-state index contributed by atoms with van der Waals surface area (Å²) in [5.74, 6) is 0.839. The van der Waals surface area contributed by atoms with E-state index in [0.29, 0.717) is 6.04 Å². The van der Waals surface area contributed by atoms with Crippen LogP contribution in [0.5, 0.6) is 0 Å². The van der Waals surface area contributed by atoms with Gasteiger partial charge in [-0.25, -0.2) is 9.97 Å². The van der Waals surface area contributed by atoms with Gasteiger partial charge in [0.1, 0.15) is 5.82 Å². The normalized spacial score (nSPS) is 12.6. The molecule has 4 heteroatoms. The first-order chi connectivity index (χ1) is 8.29. The van der Waals surface area contributed by atoms with E-state index in [0.717, 1.165) is 18.9 Å². The highest BCUT2D eigenvalue weighted by atomic mass is 15.0. The predicted octanol–water partition coefficient (Wildman–Crippen LogP) is 2.00. The number of aromatic nitrogens is 3. The fourth-order valence-electron chi connectivity index (χ4n) is 1.81. The van der Waals surface area contributed by atoms with Gasteiger partial charge in [0.25, 0.3) is 0 Å². The van der Waals surface area contributed by atoms with Gasteiger partial charge in [-0.3, -0.25) is 0 Å². The summed E-state index contributed by atoms with van der Waals surface area (Å²) in [6.07, 6.45) is 7.76. The quantitative estimate of drug-likeness (QED) is 0.854. The Morgan fingerprint density at radius 3 is 2.82 bits per heavy atom. The molecule has 2 heterocycles. The van der Waals surface area contributed by atoms with Crippen molar-refractivity contribution >= 4 is 0 Å². The monoisotopic (exact) mass is 230 g/mol. The van der Waals surface area contributed by atoms with Crippen LogP contribution < -0.4 is 5.32 Å². The van der Waals surface area contributed by atoms with Crippen molar-refractivity contribution in [1.29, 1.82) is 0 Å². The van der Waals surface area contributed by atoms with E-state index in [1.807, 2.05) is 6.07 Å². The molecule has 0 aliphatic heterocycles. The standard InChI is InChI=1S/C13H18N4/c1-3-14-11(2)12-5-8-17(9-12)10-13-15-6-4-7-16-13/h4-9,11,14H,3,10H2,1-2H3. The highest BCUT2D eigenvalue weighted by molar-refractivity contribution is 5.15. The van der Waals surface area contributed by atoms with Crippen LogP contribution in [0, 0.1) is 0 Å². The summed E-state index contributed by atoms with van der Waals surface area (Å²) < 4.78 is 2.11. The van der Waals surface area contributed by atoms with E-state index in [-0.39, 0.29) is 0 Å². The van der Waals surface area contributed by atoms with E-state index < -0.39 is 0 Å². The van der Waals surface area contributed by atoms with Crippen molar-refractivity contribution in [2.45, 2.75) is 26.4 Å². The maximum atomic E-state index is 4.22. The summed E-state index contributed by atoms with van der Waals surface area (Å²) in [6, 6.07) is 4.35. The maximum Gasteiger partial charge on any atom is 0.147 e. The highest BCUT2D eigenvalue weighted by Crippen LogP contribution is 2.12. The van der Waals surface area contributed by atoms with Crippen LogP contribution in [0.1, 0.15) is 31.3 Å². The molecular formula is C13H18N4. The first-order valence-electron chi connectivity index (χ1n) is 5.94. The Morgan fingerprint density at radius 1 is 1.35 bits per heavy atom. The molecule has 0 saturated carbocycles. The van der Waals surface area contributed by atoms with Gasteiger partial charge < -0.3 is 9.88 Å². The maximum absolute atomic E-state index is 4.22. The van der Waals surface area contributed by atoms with E-state index >= 15 is 0 Å². The lowest BCUT2D eigenvalue weighted by Gasteiger charge is -2.09. The highest BCUT2D eigenvalue weighted by Gasteiger charge is 2.05. The molecule has 1 unspecified atom stereocenters. The summed E-state index contributed by atoms with van der Waals surface area (Å²) in [4.78, 5) is 8.43. The number of rotatable bonds is 5. The van der Waals surface area contributed by atoms with Crippen molar-refractivity contribution < 1.29 is 0 Å². The Balaban J connectivity index is 2.04. The molecule has 1 N–H and O–H groups in total. The lowest BCUT2D eigenvalue weighted by atomic mass is 10.2. The summed E-state index contributed by atoms with van der Waals surface area (Å²) >= 11 is 0. The van der Waals surface area contributed by atoms with Gasteiger partial charge in [0.2, 0.25) is 0 Å². The molecule has 17 heavy (non-hydrogen) atoms. The first-order valence-corrected chi connectivity index (χ1v) is 5.94. The molecule has 90 valence electrons. The van der Waals surface area contributed by atoms with Crippen LogP contribution in [0.3, 0.4) is 0 Å². The molecule has 0 saturated heterocycles. The second-order valence-electron chi connectivity index (χ2n) is 4.06. The average Bonchev–Trinajstić information content (AvgIpc) is 2.79. The van der Waals surface area contributed by atoms with E-state index in [4.69, 9.17) is 0 Å². The Hall–Kier alpha value is -1.68. The van der Waals surface area contributed by atoms with Crippen molar-refractivity contribution in [3.63, 3.8) is 0 Å². The van der Waals surface area contributed by atoms with Gasteiger partial charge in [-0.2, -0.15) is 0 Å². The number of nitrogens with zero attached hydrogens (tertiary/aromatic N) is 3. The molecular weight excluding hydrogens is 212 g/mol. The molecule has 2 aromatic rings. The fourth-order valence-corrected chi connectivity index (χ4v) is 1.81. The minimum absolute atomic E-state index is 0.387. The minimum atomic E-state index is 0.387. The summed E-state index contributed by atoms with van der Waals surface area (Å²) in [5.41, 5.74) is 1.29. The van der Waals surface area contributed by atoms with Crippen molar-refractivity contribution in [2.75, 3.05) is 6.54 Å². The number of nitrogens with one attached hydrogen (secondary N) is 1. The molecule has 0 bridgehead atoms. The third kappa shape index (κ3) is 3.14. The molecule has 0 radical (unpaired) electrons. The van der Waals surface area contributed by atoms with Gasteiger partial charge in [-0.15, -0.1) is 0 Å². The topological polar surface area (TPSA) is 42.7 Å². The van der Waals surface area contributed by atoms with Crippen LogP contribution >= 0.6 is 0 Å². The molecule has 0 fully saturated rings. The van der Waals surface area contributed by atoms with E-state index in [1.54, 1.807) is 12.4 Å². The Bertz CT molecular complexity index is 449. The van der Waals surface area contributed by atoms with E-state index in [1.165, 1.54) is 5.56 Å². The lowest BCUT2D eigenvalue weighted by Crippen LogP contribution is -2.17. The van der Waals surface area contributed by atoms with Crippen molar-refractivity contribution in [2.24, 2.45) is 0 Å².